The molecule has 1 saturated heterocycles. The lowest BCUT2D eigenvalue weighted by atomic mass is 10.1. The van der Waals surface area contributed by atoms with Gasteiger partial charge in [0.25, 0.3) is 0 Å². The number of hydrogen-bond acceptors (Lipinski definition) is 4. The quantitative estimate of drug-likeness (QED) is 0.665. The Kier molecular flexibility index (Phi) is 2.46. The molecule has 1 fully saturated rings. The van der Waals surface area contributed by atoms with Gasteiger partial charge < -0.3 is 15.7 Å². The number of hydrogen-bond donors (Lipinski definition) is 3. The lowest BCUT2D eigenvalue weighted by Gasteiger charge is -2.34. The van der Waals surface area contributed by atoms with E-state index in [0.717, 1.165) is 25.9 Å². The van der Waals surface area contributed by atoms with Crippen LogP contribution in [0.15, 0.2) is 24.3 Å². The fourth-order valence-corrected chi connectivity index (χ4v) is 2.39. The third-order valence-corrected chi connectivity index (χ3v) is 3.38. The number of para-hydroxylation sites is 2. The zero-order valence-electron chi connectivity index (χ0n) is 9.19. The summed E-state index contributed by atoms with van der Waals surface area (Å²) in [6, 6.07) is 8.24. The number of nitrogens with one attached hydrogen (secondary N) is 2. The highest BCUT2D eigenvalue weighted by Gasteiger charge is 2.27. The first-order valence-corrected chi connectivity index (χ1v) is 5.87. The van der Waals surface area contributed by atoms with Crippen molar-refractivity contribution in [3.63, 3.8) is 0 Å². The molecule has 0 bridgehead atoms. The van der Waals surface area contributed by atoms with Crippen LogP contribution in [0.1, 0.15) is 12.8 Å². The van der Waals surface area contributed by atoms with Crippen molar-refractivity contribution < 1.29 is 5.11 Å². The van der Waals surface area contributed by atoms with Gasteiger partial charge in [-0.1, -0.05) is 12.1 Å². The molecule has 0 radical (unpaired) electrons. The minimum absolute atomic E-state index is 0.111. The number of anilines is 2. The summed E-state index contributed by atoms with van der Waals surface area (Å²) in [6.07, 6.45) is 1.82. The van der Waals surface area contributed by atoms with Crippen LogP contribution in [0, 0.1) is 0 Å². The van der Waals surface area contributed by atoms with E-state index in [9.17, 15) is 5.11 Å². The Morgan fingerprint density at radius 3 is 2.19 bits per heavy atom. The molecule has 2 heterocycles. The molecule has 0 aromatic heterocycles. The van der Waals surface area contributed by atoms with Crippen molar-refractivity contribution in [1.29, 1.82) is 0 Å². The van der Waals surface area contributed by atoms with Gasteiger partial charge in [-0.05, 0) is 25.0 Å². The van der Waals surface area contributed by atoms with Crippen molar-refractivity contribution in [3.05, 3.63) is 24.3 Å². The molecule has 0 atom stereocenters. The molecule has 0 spiro atoms. The van der Waals surface area contributed by atoms with Crippen molar-refractivity contribution in [2.24, 2.45) is 0 Å². The van der Waals surface area contributed by atoms with E-state index in [2.05, 4.69) is 27.7 Å². The summed E-state index contributed by atoms with van der Waals surface area (Å²) in [7, 11) is 0. The van der Waals surface area contributed by atoms with Gasteiger partial charge in [-0.2, -0.15) is 0 Å². The lowest BCUT2D eigenvalue weighted by Crippen LogP contribution is -2.48. The van der Waals surface area contributed by atoms with Crippen LogP contribution in [0.2, 0.25) is 0 Å². The molecule has 1 aromatic rings. The first-order chi connectivity index (χ1) is 7.83. The van der Waals surface area contributed by atoms with E-state index in [0.29, 0.717) is 0 Å². The molecular weight excluding hydrogens is 202 g/mol. The Bertz CT molecular complexity index is 349. The largest absolute Gasteiger partial charge is 0.393 e. The molecule has 0 aliphatic carbocycles. The van der Waals surface area contributed by atoms with Gasteiger partial charge in [0.2, 0.25) is 0 Å². The molecule has 2 aliphatic rings. The molecule has 3 N–H and O–H groups in total. The molecule has 16 heavy (non-hydrogen) atoms. The number of piperidine rings is 1. The topological polar surface area (TPSA) is 47.5 Å². The highest BCUT2D eigenvalue weighted by molar-refractivity contribution is 5.73. The second kappa shape index (κ2) is 3.96. The Morgan fingerprint density at radius 1 is 1.06 bits per heavy atom. The number of nitrogens with zero attached hydrogens (tertiary/aromatic N) is 1. The first-order valence-electron chi connectivity index (χ1n) is 5.87. The van der Waals surface area contributed by atoms with Crippen molar-refractivity contribution in [2.45, 2.75) is 25.2 Å². The van der Waals surface area contributed by atoms with Gasteiger partial charge in [-0.3, -0.25) is 4.90 Å². The summed E-state index contributed by atoms with van der Waals surface area (Å²) in [5, 5.41) is 16.4. The molecule has 86 valence electrons. The zero-order valence-corrected chi connectivity index (χ0v) is 9.19. The van der Waals surface area contributed by atoms with Gasteiger partial charge in [-0.25, -0.2) is 0 Å². The maximum absolute atomic E-state index is 9.48. The van der Waals surface area contributed by atoms with Crippen LogP contribution in [-0.2, 0) is 0 Å². The van der Waals surface area contributed by atoms with Crippen molar-refractivity contribution in [2.75, 3.05) is 23.7 Å². The summed E-state index contributed by atoms with van der Waals surface area (Å²) < 4.78 is 0. The normalized spacial score (nSPS) is 22.6. The number of benzene rings is 1. The summed E-state index contributed by atoms with van der Waals surface area (Å²) in [6.45, 7) is 1.89. The molecule has 3 rings (SSSR count). The summed E-state index contributed by atoms with van der Waals surface area (Å²) >= 11 is 0. The SMILES string of the molecule is OC1CCN(C2Nc3ccccc3N2)CC1. The molecule has 0 saturated carbocycles. The fourth-order valence-electron chi connectivity index (χ4n) is 2.39. The van der Waals surface area contributed by atoms with E-state index >= 15 is 0 Å². The number of rotatable bonds is 1. The van der Waals surface area contributed by atoms with Gasteiger partial charge >= 0.3 is 0 Å². The van der Waals surface area contributed by atoms with Gasteiger partial charge in [0.15, 0.2) is 6.29 Å². The van der Waals surface area contributed by atoms with Crippen LogP contribution in [-0.4, -0.2) is 35.5 Å². The highest BCUT2D eigenvalue weighted by atomic mass is 16.3. The maximum atomic E-state index is 9.48. The molecule has 4 nitrogen and oxygen atoms in total. The molecule has 4 heteroatoms. The average Bonchev–Trinajstić information content (AvgIpc) is 2.73. The monoisotopic (exact) mass is 219 g/mol. The van der Waals surface area contributed by atoms with Crippen LogP contribution in [0.4, 0.5) is 11.4 Å². The van der Waals surface area contributed by atoms with Crippen LogP contribution in [0.25, 0.3) is 0 Å². The molecular formula is C12H17N3O. The molecule has 2 aliphatic heterocycles. The van der Waals surface area contributed by atoms with Crippen LogP contribution in [0.3, 0.4) is 0 Å². The van der Waals surface area contributed by atoms with Crippen molar-refractivity contribution in [1.82, 2.24) is 4.90 Å². The molecule has 0 amide bonds. The minimum atomic E-state index is -0.111. The van der Waals surface area contributed by atoms with Gasteiger partial charge in [0.05, 0.1) is 17.5 Å². The Balaban J connectivity index is 1.67. The average molecular weight is 219 g/mol. The van der Waals surface area contributed by atoms with E-state index in [1.165, 1.54) is 11.4 Å². The number of aliphatic hydroxyl groups is 1. The van der Waals surface area contributed by atoms with Crippen molar-refractivity contribution >= 4 is 11.4 Å². The Labute approximate surface area is 95.3 Å². The van der Waals surface area contributed by atoms with Crippen molar-refractivity contribution in [3.8, 4) is 0 Å². The third kappa shape index (κ3) is 1.74. The zero-order chi connectivity index (χ0) is 11.0. The van der Waals surface area contributed by atoms with E-state index in [1.54, 1.807) is 0 Å². The maximum Gasteiger partial charge on any atom is 0.155 e. The number of aliphatic hydroxyl groups excluding tert-OH is 1. The standard InChI is InChI=1S/C12H17N3O/c16-9-5-7-15(8-6-9)12-13-10-3-1-2-4-11(10)14-12/h1-4,9,12-14,16H,5-8H2. The second-order valence-electron chi connectivity index (χ2n) is 4.50. The van der Waals surface area contributed by atoms with Gasteiger partial charge in [-0.15, -0.1) is 0 Å². The third-order valence-electron chi connectivity index (χ3n) is 3.38. The lowest BCUT2D eigenvalue weighted by molar-refractivity contribution is 0.0727. The van der Waals surface area contributed by atoms with E-state index in [-0.39, 0.29) is 12.4 Å². The van der Waals surface area contributed by atoms with Crippen LogP contribution in [0.5, 0.6) is 0 Å². The number of likely N-dealkylation sites (tertiary alicyclic amines) is 1. The number of fused-ring (bicyclic) bond motifs is 1. The van der Waals surface area contributed by atoms with E-state index in [1.807, 2.05) is 12.1 Å². The predicted molar refractivity (Wildman–Crippen MR) is 64.3 cm³/mol. The second-order valence-corrected chi connectivity index (χ2v) is 4.50. The summed E-state index contributed by atoms with van der Waals surface area (Å²) in [5.41, 5.74) is 2.33. The van der Waals surface area contributed by atoms with Gasteiger partial charge in [0.1, 0.15) is 0 Å². The Hall–Kier alpha value is -1.26. The Morgan fingerprint density at radius 2 is 1.62 bits per heavy atom. The summed E-state index contributed by atoms with van der Waals surface area (Å²) in [4.78, 5) is 2.34. The molecule has 1 aromatic carbocycles. The van der Waals surface area contributed by atoms with Gasteiger partial charge in [0, 0.05) is 13.1 Å². The predicted octanol–water partition coefficient (Wildman–Crippen LogP) is 1.26. The van der Waals surface area contributed by atoms with Crippen LogP contribution < -0.4 is 10.6 Å². The van der Waals surface area contributed by atoms with E-state index in [4.69, 9.17) is 0 Å². The van der Waals surface area contributed by atoms with Crippen LogP contribution >= 0.6 is 0 Å². The molecule has 0 unspecified atom stereocenters. The smallest absolute Gasteiger partial charge is 0.155 e. The summed E-state index contributed by atoms with van der Waals surface area (Å²) in [5.74, 6) is 0. The first kappa shape index (κ1) is 9.93. The fraction of sp³-hybridized carbons (Fsp3) is 0.500. The van der Waals surface area contributed by atoms with E-state index < -0.39 is 0 Å². The minimum Gasteiger partial charge on any atom is -0.393 e. The highest BCUT2D eigenvalue weighted by Crippen LogP contribution is 2.30.